The van der Waals surface area contributed by atoms with Crippen LogP contribution in [0.2, 0.25) is 0 Å². The Bertz CT molecular complexity index is 1480. The van der Waals surface area contributed by atoms with E-state index in [1.54, 1.807) is 75.6 Å². The number of aliphatic carboxylic acids is 1. The van der Waals surface area contributed by atoms with E-state index in [1.165, 1.54) is 4.90 Å². The fourth-order valence-electron chi connectivity index (χ4n) is 6.72. The van der Waals surface area contributed by atoms with Crippen LogP contribution < -0.4 is 4.74 Å². The number of hydrogen-bond acceptors (Lipinski definition) is 6. The van der Waals surface area contributed by atoms with Gasteiger partial charge in [-0.25, -0.2) is 4.79 Å². The van der Waals surface area contributed by atoms with Gasteiger partial charge >= 0.3 is 5.97 Å². The number of methoxy groups -OCH3 is 1. The number of amides is 1. The number of ketones is 1. The molecule has 1 aliphatic carbocycles. The first-order chi connectivity index (χ1) is 19.7. The number of likely N-dealkylation sites (tertiary alicyclic amines) is 1. The highest BCUT2D eigenvalue weighted by molar-refractivity contribution is 6.02. The Labute approximate surface area is 239 Å². The van der Waals surface area contributed by atoms with Gasteiger partial charge in [-0.3, -0.25) is 9.59 Å². The van der Waals surface area contributed by atoms with E-state index in [1.807, 2.05) is 0 Å². The lowest BCUT2D eigenvalue weighted by Gasteiger charge is -2.34. The normalized spacial score (nSPS) is 22.7. The molecule has 1 saturated heterocycles. The van der Waals surface area contributed by atoms with E-state index in [9.17, 15) is 24.8 Å². The van der Waals surface area contributed by atoms with E-state index >= 15 is 0 Å². The molecule has 5 rings (SSSR count). The Kier molecular flexibility index (Phi) is 7.98. The second-order valence-electron chi connectivity index (χ2n) is 11.1. The Morgan fingerprint density at radius 2 is 1.61 bits per heavy atom. The summed E-state index contributed by atoms with van der Waals surface area (Å²) >= 11 is 0. The quantitative estimate of drug-likeness (QED) is 0.357. The van der Waals surface area contributed by atoms with Gasteiger partial charge in [-0.15, -0.1) is 0 Å². The number of aryl methyl sites for hydroxylation is 2. The number of ether oxygens (including phenoxy) is 1. The number of Topliss-reactive ketones (excluding diaryl/α,β-unsaturated/α-hetero) is 1. The van der Waals surface area contributed by atoms with Gasteiger partial charge in [-0.2, -0.15) is 5.26 Å². The van der Waals surface area contributed by atoms with Gasteiger partial charge in [0.1, 0.15) is 23.3 Å². The van der Waals surface area contributed by atoms with Crippen LogP contribution in [-0.4, -0.2) is 40.8 Å². The van der Waals surface area contributed by atoms with Crippen LogP contribution in [0.15, 0.2) is 59.0 Å². The summed E-state index contributed by atoms with van der Waals surface area (Å²) in [5, 5.41) is 20.2. The van der Waals surface area contributed by atoms with Crippen molar-refractivity contribution in [3.63, 3.8) is 0 Å². The molecule has 1 aromatic heterocycles. The van der Waals surface area contributed by atoms with Gasteiger partial charge in [0, 0.05) is 11.8 Å². The lowest BCUT2D eigenvalue weighted by atomic mass is 9.76. The number of nitrogens with zero attached hydrogens (tertiary/aromatic N) is 2. The number of carboxylic acid groups (broad SMARTS) is 1. The fourth-order valence-corrected chi connectivity index (χ4v) is 6.72. The average molecular weight is 555 g/mol. The zero-order valence-electron chi connectivity index (χ0n) is 23.5. The topological polar surface area (TPSA) is 121 Å². The van der Waals surface area contributed by atoms with Crippen molar-refractivity contribution in [1.29, 1.82) is 5.26 Å². The molecule has 3 aromatic rings. The molecule has 2 fully saturated rings. The monoisotopic (exact) mass is 554 g/mol. The zero-order chi connectivity index (χ0) is 29.3. The average Bonchev–Trinajstić information content (AvgIpc) is 3.53. The molecule has 4 atom stereocenters. The van der Waals surface area contributed by atoms with Crippen LogP contribution in [0.4, 0.5) is 0 Å². The van der Waals surface area contributed by atoms with Crippen molar-refractivity contribution in [3.8, 4) is 11.8 Å². The van der Waals surface area contributed by atoms with Gasteiger partial charge in [0.15, 0.2) is 5.78 Å². The van der Waals surface area contributed by atoms with Gasteiger partial charge in [0.25, 0.3) is 0 Å². The first-order valence-electron chi connectivity index (χ1n) is 14.1. The maximum atomic E-state index is 14.5. The molecule has 8 nitrogen and oxygen atoms in total. The first-order valence-corrected chi connectivity index (χ1v) is 14.1. The highest BCUT2D eigenvalue weighted by atomic mass is 16.5. The molecule has 41 heavy (non-hydrogen) atoms. The lowest BCUT2D eigenvalue weighted by Crippen LogP contribution is -2.46. The van der Waals surface area contributed by atoms with Gasteiger partial charge < -0.3 is 19.2 Å². The molecule has 0 spiro atoms. The Balaban J connectivity index is 1.74. The summed E-state index contributed by atoms with van der Waals surface area (Å²) < 4.78 is 11.0. The Morgan fingerprint density at radius 1 is 0.976 bits per heavy atom. The van der Waals surface area contributed by atoms with Crippen LogP contribution in [0, 0.1) is 37.0 Å². The summed E-state index contributed by atoms with van der Waals surface area (Å²) in [7, 11) is 1.55. The molecule has 1 N–H and O–H groups in total. The molecular formula is C33H34N2O6. The number of nitriles is 1. The van der Waals surface area contributed by atoms with E-state index < -0.39 is 29.9 Å². The Hall–Kier alpha value is -4.38. The summed E-state index contributed by atoms with van der Waals surface area (Å²) in [6.07, 6.45) is 4.23. The minimum atomic E-state index is -1.28. The molecule has 1 aliphatic heterocycles. The highest BCUT2D eigenvalue weighted by Crippen LogP contribution is 2.52. The molecule has 1 amide bonds. The van der Waals surface area contributed by atoms with E-state index in [0.29, 0.717) is 52.4 Å². The van der Waals surface area contributed by atoms with Crippen LogP contribution in [0.5, 0.6) is 5.75 Å². The van der Waals surface area contributed by atoms with Crippen molar-refractivity contribution in [2.45, 2.75) is 64.0 Å². The number of furan rings is 1. The summed E-state index contributed by atoms with van der Waals surface area (Å²) in [4.78, 5) is 43.5. The predicted molar refractivity (Wildman–Crippen MR) is 150 cm³/mol. The molecule has 2 aliphatic rings. The summed E-state index contributed by atoms with van der Waals surface area (Å²) in [6.45, 7) is 3.48. The second kappa shape index (κ2) is 11.6. The van der Waals surface area contributed by atoms with Gasteiger partial charge in [-0.05, 0) is 68.1 Å². The molecule has 4 unspecified atom stereocenters. The smallest absolute Gasteiger partial charge is 0.327 e. The van der Waals surface area contributed by atoms with Crippen molar-refractivity contribution in [2.75, 3.05) is 7.11 Å². The Morgan fingerprint density at radius 3 is 2.15 bits per heavy atom. The third-order valence-corrected chi connectivity index (χ3v) is 8.62. The molecular weight excluding hydrogens is 520 g/mol. The van der Waals surface area contributed by atoms with E-state index in [4.69, 9.17) is 9.15 Å². The second-order valence-corrected chi connectivity index (χ2v) is 11.1. The number of benzene rings is 2. The molecule has 212 valence electrons. The van der Waals surface area contributed by atoms with Crippen molar-refractivity contribution >= 4 is 17.7 Å². The number of hydrogen-bond donors (Lipinski definition) is 1. The molecule has 0 radical (unpaired) electrons. The third-order valence-electron chi connectivity index (χ3n) is 8.62. The maximum Gasteiger partial charge on any atom is 0.327 e. The van der Waals surface area contributed by atoms with Gasteiger partial charge in [0.2, 0.25) is 5.91 Å². The molecule has 2 aromatic carbocycles. The van der Waals surface area contributed by atoms with Crippen LogP contribution >= 0.6 is 0 Å². The van der Waals surface area contributed by atoms with Gasteiger partial charge in [-0.1, -0.05) is 43.5 Å². The standard InChI is InChI=1S/C33H34N2O6/c1-19-17-26(20(2)41-19)31(36)28-27(22-13-15-25(40-3)16-14-22)30(33(38)39)35(32(37)24-7-5-4-6-8-24)29(28)23-11-9-21(18-34)10-12-23/h9-17,24,27-30H,4-8H2,1-3H3,(H,38,39). The molecule has 2 heterocycles. The number of carbonyl (C=O) groups is 3. The number of carbonyl (C=O) groups excluding carboxylic acids is 2. The van der Waals surface area contributed by atoms with Crippen LogP contribution in [0.25, 0.3) is 0 Å². The molecule has 0 bridgehead atoms. The van der Waals surface area contributed by atoms with E-state index in [-0.39, 0.29) is 17.6 Å². The van der Waals surface area contributed by atoms with Crippen molar-refractivity contribution in [3.05, 3.63) is 88.4 Å². The maximum absolute atomic E-state index is 14.5. The van der Waals surface area contributed by atoms with Gasteiger partial charge in [0.05, 0.1) is 36.3 Å². The minimum Gasteiger partial charge on any atom is -0.497 e. The van der Waals surface area contributed by atoms with E-state index in [2.05, 4.69) is 6.07 Å². The zero-order valence-corrected chi connectivity index (χ0v) is 23.5. The summed E-state index contributed by atoms with van der Waals surface area (Å²) in [5.74, 6) is -2.12. The number of carboxylic acids is 1. The third kappa shape index (κ3) is 5.24. The predicted octanol–water partition coefficient (Wildman–Crippen LogP) is 5.98. The SMILES string of the molecule is COc1ccc(C2C(C(=O)c3cc(C)oc3C)C(c3ccc(C#N)cc3)N(C(=O)C3CCCCC3)C2C(=O)O)cc1. The molecule has 1 saturated carbocycles. The van der Waals surface area contributed by atoms with Crippen LogP contribution in [-0.2, 0) is 9.59 Å². The van der Waals surface area contributed by atoms with Crippen molar-refractivity contribution in [1.82, 2.24) is 4.90 Å². The lowest BCUT2D eigenvalue weighted by molar-refractivity contribution is -0.152. The number of rotatable bonds is 7. The van der Waals surface area contributed by atoms with Crippen molar-refractivity contribution < 1.29 is 28.6 Å². The van der Waals surface area contributed by atoms with E-state index in [0.717, 1.165) is 19.3 Å². The summed E-state index contributed by atoms with van der Waals surface area (Å²) in [6, 6.07) is 15.4. The van der Waals surface area contributed by atoms with Crippen LogP contribution in [0.3, 0.4) is 0 Å². The first kappa shape index (κ1) is 28.2. The highest BCUT2D eigenvalue weighted by Gasteiger charge is 2.58. The molecule has 8 heteroatoms. The fraction of sp³-hybridized carbons (Fsp3) is 0.394. The minimum absolute atomic E-state index is 0.236. The van der Waals surface area contributed by atoms with Crippen molar-refractivity contribution in [2.24, 2.45) is 11.8 Å². The largest absolute Gasteiger partial charge is 0.497 e. The summed E-state index contributed by atoms with van der Waals surface area (Å²) in [5.41, 5.74) is 2.06. The van der Waals surface area contributed by atoms with Crippen LogP contribution in [0.1, 0.15) is 82.6 Å².